The summed E-state index contributed by atoms with van der Waals surface area (Å²) in [6.45, 7) is 10.1. The lowest BCUT2D eigenvalue weighted by Crippen LogP contribution is -2.39. The van der Waals surface area contributed by atoms with E-state index in [0.29, 0.717) is 17.5 Å². The van der Waals surface area contributed by atoms with E-state index in [2.05, 4.69) is 47.2 Å². The normalized spacial score (nSPS) is 19.4. The minimum absolute atomic E-state index is 0.0793. The van der Waals surface area contributed by atoms with E-state index in [1.807, 2.05) is 44.3 Å². The van der Waals surface area contributed by atoms with Gasteiger partial charge in [-0.1, -0.05) is 20.8 Å². The van der Waals surface area contributed by atoms with Crippen LogP contribution in [0.2, 0.25) is 0 Å². The van der Waals surface area contributed by atoms with Crippen LogP contribution in [0, 0.1) is 23.7 Å². The lowest BCUT2D eigenvalue weighted by molar-refractivity contribution is 0.352. The van der Waals surface area contributed by atoms with Crippen LogP contribution in [0.1, 0.15) is 50.7 Å². The standard InChI is InChI=1S/C22H24N6O/c1-14-25-18-10-15(7-9-28(18)27-14)20-16(6-8-22(5,13-23)26-20)17-12-24-19(29-17)11-21(2,3)4/h6-10,12,26H,11H2,1-5H3. The molecule has 7 heteroatoms. The first-order chi connectivity index (χ1) is 13.7. The zero-order valence-corrected chi connectivity index (χ0v) is 17.3. The maximum absolute atomic E-state index is 9.63. The van der Waals surface area contributed by atoms with E-state index in [-0.39, 0.29) is 5.41 Å². The van der Waals surface area contributed by atoms with Crippen molar-refractivity contribution in [2.75, 3.05) is 0 Å². The molecule has 0 saturated carbocycles. The molecule has 4 rings (SSSR count). The number of nitrogens with zero attached hydrogens (tertiary/aromatic N) is 5. The molecule has 3 aromatic heterocycles. The molecule has 148 valence electrons. The van der Waals surface area contributed by atoms with E-state index in [1.54, 1.807) is 10.7 Å². The average Bonchev–Trinajstić information content (AvgIpc) is 3.25. The molecule has 0 radical (unpaired) electrons. The molecule has 1 unspecified atom stereocenters. The molecule has 0 fully saturated rings. The lowest BCUT2D eigenvalue weighted by Gasteiger charge is -2.28. The molecule has 0 aromatic carbocycles. The van der Waals surface area contributed by atoms with Gasteiger partial charge in [-0.15, -0.1) is 0 Å². The SMILES string of the molecule is Cc1nc2cc(C3=C(c4cnc(CC(C)(C)C)o4)C=CC(C)(C#N)N3)ccn2n1. The smallest absolute Gasteiger partial charge is 0.195 e. The first-order valence-electron chi connectivity index (χ1n) is 9.57. The van der Waals surface area contributed by atoms with Crippen LogP contribution in [-0.2, 0) is 6.42 Å². The molecule has 0 amide bonds. The largest absolute Gasteiger partial charge is 0.441 e. The van der Waals surface area contributed by atoms with Crippen molar-refractivity contribution >= 4 is 16.9 Å². The number of dihydropyridines is 1. The number of hydrogen-bond acceptors (Lipinski definition) is 6. The Morgan fingerprint density at radius 3 is 2.86 bits per heavy atom. The Bertz CT molecular complexity index is 1180. The molecule has 0 saturated heterocycles. The van der Waals surface area contributed by atoms with Gasteiger partial charge in [0.15, 0.2) is 17.3 Å². The summed E-state index contributed by atoms with van der Waals surface area (Å²) in [6.07, 6.45) is 8.13. The molecular formula is C22H24N6O. The Hall–Kier alpha value is -3.40. The second-order valence-corrected chi connectivity index (χ2v) is 8.79. The Labute approximate surface area is 169 Å². The summed E-state index contributed by atoms with van der Waals surface area (Å²) in [4.78, 5) is 8.91. The van der Waals surface area contributed by atoms with E-state index in [9.17, 15) is 5.26 Å². The topological polar surface area (TPSA) is 92.0 Å². The van der Waals surface area contributed by atoms with Gasteiger partial charge in [-0.25, -0.2) is 14.5 Å². The lowest BCUT2D eigenvalue weighted by atomic mass is 9.92. The Morgan fingerprint density at radius 2 is 2.14 bits per heavy atom. The second-order valence-electron chi connectivity index (χ2n) is 8.79. The third-order valence-electron chi connectivity index (χ3n) is 4.70. The highest BCUT2D eigenvalue weighted by Crippen LogP contribution is 2.33. The third kappa shape index (κ3) is 3.79. The Morgan fingerprint density at radius 1 is 1.34 bits per heavy atom. The highest BCUT2D eigenvalue weighted by molar-refractivity contribution is 5.95. The summed E-state index contributed by atoms with van der Waals surface area (Å²) in [5.74, 6) is 2.07. The molecule has 3 aromatic rings. The quantitative estimate of drug-likeness (QED) is 0.731. The molecule has 4 heterocycles. The molecular weight excluding hydrogens is 364 g/mol. The van der Waals surface area contributed by atoms with Gasteiger partial charge in [0.1, 0.15) is 11.4 Å². The molecule has 0 aliphatic carbocycles. The molecule has 1 aliphatic heterocycles. The maximum atomic E-state index is 9.63. The van der Waals surface area contributed by atoms with Crippen LogP contribution >= 0.6 is 0 Å². The van der Waals surface area contributed by atoms with Gasteiger partial charge in [0.05, 0.1) is 18.0 Å². The van der Waals surface area contributed by atoms with Crippen molar-refractivity contribution in [3.05, 3.63) is 59.7 Å². The molecule has 29 heavy (non-hydrogen) atoms. The second kappa shape index (κ2) is 6.59. The van der Waals surface area contributed by atoms with E-state index in [4.69, 9.17) is 4.42 Å². The van der Waals surface area contributed by atoms with Crippen molar-refractivity contribution in [1.29, 1.82) is 5.26 Å². The number of oxazole rings is 1. The fraction of sp³-hybridized carbons (Fsp3) is 0.364. The number of pyridine rings is 1. The van der Waals surface area contributed by atoms with Crippen LogP contribution in [-0.4, -0.2) is 25.1 Å². The fourth-order valence-electron chi connectivity index (χ4n) is 3.32. The zero-order valence-electron chi connectivity index (χ0n) is 17.3. The van der Waals surface area contributed by atoms with Gasteiger partial charge in [-0.2, -0.15) is 10.4 Å². The summed E-state index contributed by atoms with van der Waals surface area (Å²) in [5, 5.41) is 17.3. The molecule has 0 bridgehead atoms. The van der Waals surface area contributed by atoms with Crippen molar-refractivity contribution in [1.82, 2.24) is 24.9 Å². The predicted octanol–water partition coefficient (Wildman–Crippen LogP) is 3.92. The monoisotopic (exact) mass is 388 g/mol. The van der Waals surface area contributed by atoms with Crippen LogP contribution in [0.3, 0.4) is 0 Å². The van der Waals surface area contributed by atoms with Crippen molar-refractivity contribution in [2.45, 2.75) is 46.6 Å². The number of rotatable bonds is 3. The maximum Gasteiger partial charge on any atom is 0.195 e. The van der Waals surface area contributed by atoms with Gasteiger partial charge in [0.25, 0.3) is 0 Å². The summed E-state index contributed by atoms with van der Waals surface area (Å²) in [5.41, 5.74) is 2.56. The van der Waals surface area contributed by atoms with E-state index in [1.165, 1.54) is 0 Å². The van der Waals surface area contributed by atoms with Crippen LogP contribution < -0.4 is 5.32 Å². The van der Waals surface area contributed by atoms with Crippen molar-refractivity contribution in [3.8, 4) is 6.07 Å². The summed E-state index contributed by atoms with van der Waals surface area (Å²) in [6, 6.07) is 6.22. The number of aromatic nitrogens is 4. The Kier molecular flexibility index (Phi) is 4.30. The number of fused-ring (bicyclic) bond motifs is 1. The van der Waals surface area contributed by atoms with Gasteiger partial charge in [0, 0.05) is 23.8 Å². The van der Waals surface area contributed by atoms with Gasteiger partial charge in [-0.05, 0) is 43.5 Å². The summed E-state index contributed by atoms with van der Waals surface area (Å²) in [7, 11) is 0. The van der Waals surface area contributed by atoms with Crippen LogP contribution in [0.5, 0.6) is 0 Å². The summed E-state index contributed by atoms with van der Waals surface area (Å²) >= 11 is 0. The number of hydrogen-bond donors (Lipinski definition) is 1. The minimum Gasteiger partial charge on any atom is -0.441 e. The highest BCUT2D eigenvalue weighted by atomic mass is 16.4. The number of nitrogens with one attached hydrogen (secondary N) is 1. The fourth-order valence-corrected chi connectivity index (χ4v) is 3.32. The number of aryl methyl sites for hydroxylation is 1. The average molecular weight is 388 g/mol. The van der Waals surface area contributed by atoms with Crippen LogP contribution in [0.15, 0.2) is 41.1 Å². The van der Waals surface area contributed by atoms with Crippen LogP contribution in [0.25, 0.3) is 16.9 Å². The first kappa shape index (κ1) is 18.9. The van der Waals surface area contributed by atoms with E-state index < -0.39 is 5.54 Å². The van der Waals surface area contributed by atoms with Gasteiger partial charge in [0.2, 0.25) is 0 Å². The molecule has 1 N–H and O–H groups in total. The zero-order chi connectivity index (χ0) is 20.8. The molecule has 0 spiro atoms. The molecule has 1 atom stereocenters. The number of nitriles is 1. The third-order valence-corrected chi connectivity index (χ3v) is 4.70. The van der Waals surface area contributed by atoms with Crippen molar-refractivity contribution < 1.29 is 4.42 Å². The van der Waals surface area contributed by atoms with Crippen molar-refractivity contribution in [2.24, 2.45) is 5.41 Å². The van der Waals surface area contributed by atoms with Gasteiger partial charge >= 0.3 is 0 Å². The first-order valence-corrected chi connectivity index (χ1v) is 9.57. The Balaban J connectivity index is 1.82. The van der Waals surface area contributed by atoms with Gasteiger partial charge < -0.3 is 9.73 Å². The number of allylic oxidation sites excluding steroid dienone is 2. The van der Waals surface area contributed by atoms with Gasteiger partial charge in [-0.3, -0.25) is 0 Å². The minimum atomic E-state index is -0.817. The van der Waals surface area contributed by atoms with Crippen molar-refractivity contribution in [3.63, 3.8) is 0 Å². The molecule has 1 aliphatic rings. The predicted molar refractivity (Wildman–Crippen MR) is 110 cm³/mol. The van der Waals surface area contributed by atoms with Crippen LogP contribution in [0.4, 0.5) is 0 Å². The molecule has 7 nitrogen and oxygen atoms in total. The van der Waals surface area contributed by atoms with E-state index >= 15 is 0 Å². The summed E-state index contributed by atoms with van der Waals surface area (Å²) < 4.78 is 7.80. The van der Waals surface area contributed by atoms with E-state index in [0.717, 1.165) is 28.9 Å². The highest BCUT2D eigenvalue weighted by Gasteiger charge is 2.29.